The maximum absolute atomic E-state index is 5.28. The lowest BCUT2D eigenvalue weighted by Gasteiger charge is -2.22. The molecule has 0 amide bonds. The van der Waals surface area contributed by atoms with Crippen LogP contribution in [0.15, 0.2) is 16.7 Å². The number of hydrogen-bond acceptors (Lipinski definition) is 2. The fraction of sp³-hybridized carbons (Fsp3) is 0.600. The molecule has 2 heteroatoms. The van der Waals surface area contributed by atoms with Crippen molar-refractivity contribution in [3.8, 4) is 0 Å². The van der Waals surface area contributed by atoms with E-state index in [0.717, 1.165) is 12.3 Å². The molecule has 1 unspecified atom stereocenters. The fourth-order valence-corrected chi connectivity index (χ4v) is 1.87. The summed E-state index contributed by atoms with van der Waals surface area (Å²) in [7, 11) is 0. The summed E-state index contributed by atoms with van der Waals surface area (Å²) in [5.41, 5.74) is 1.34. The molecule has 2 nitrogen and oxygen atoms in total. The van der Waals surface area contributed by atoms with Crippen molar-refractivity contribution in [2.75, 3.05) is 6.54 Å². The van der Waals surface area contributed by atoms with E-state index in [9.17, 15) is 0 Å². The molecular formula is C10H15NO. The summed E-state index contributed by atoms with van der Waals surface area (Å²) in [6.45, 7) is 3.18. The van der Waals surface area contributed by atoms with Gasteiger partial charge in [0.05, 0.1) is 6.26 Å². The topological polar surface area (TPSA) is 25.2 Å². The Labute approximate surface area is 73.0 Å². The van der Waals surface area contributed by atoms with Crippen LogP contribution in [0.2, 0.25) is 0 Å². The molecule has 0 radical (unpaired) electrons. The summed E-state index contributed by atoms with van der Waals surface area (Å²) < 4.78 is 5.28. The molecule has 1 N–H and O–H groups in total. The third-order valence-electron chi connectivity index (χ3n) is 2.58. The monoisotopic (exact) mass is 165 g/mol. The van der Waals surface area contributed by atoms with Crippen LogP contribution in [0.3, 0.4) is 0 Å². The van der Waals surface area contributed by atoms with Crippen LogP contribution in [0.1, 0.15) is 36.6 Å². The fourth-order valence-electron chi connectivity index (χ4n) is 1.87. The summed E-state index contributed by atoms with van der Waals surface area (Å²) in [6.07, 6.45) is 5.68. The van der Waals surface area contributed by atoms with E-state index in [1.165, 1.54) is 24.8 Å². The minimum absolute atomic E-state index is 0.539. The third-order valence-corrected chi connectivity index (χ3v) is 2.58. The van der Waals surface area contributed by atoms with Gasteiger partial charge in [0, 0.05) is 11.6 Å². The number of piperidine rings is 1. The van der Waals surface area contributed by atoms with Gasteiger partial charge in [0.25, 0.3) is 0 Å². The van der Waals surface area contributed by atoms with E-state index >= 15 is 0 Å². The van der Waals surface area contributed by atoms with Crippen molar-refractivity contribution in [3.05, 3.63) is 23.7 Å². The number of hydrogen-bond donors (Lipinski definition) is 1. The second kappa shape index (κ2) is 3.31. The highest BCUT2D eigenvalue weighted by molar-refractivity contribution is 5.20. The molecule has 12 heavy (non-hydrogen) atoms. The molecule has 0 saturated carbocycles. The first-order chi connectivity index (χ1) is 5.88. The van der Waals surface area contributed by atoms with Crippen LogP contribution in [-0.4, -0.2) is 6.54 Å². The molecule has 0 bridgehead atoms. The first-order valence-electron chi connectivity index (χ1n) is 4.65. The SMILES string of the molecule is Cc1occc1C1CCCCN1. The summed E-state index contributed by atoms with van der Waals surface area (Å²) in [5.74, 6) is 1.06. The van der Waals surface area contributed by atoms with Gasteiger partial charge in [-0.1, -0.05) is 6.42 Å². The van der Waals surface area contributed by atoms with Crippen LogP contribution in [0, 0.1) is 6.92 Å². The maximum atomic E-state index is 5.28. The van der Waals surface area contributed by atoms with Crippen molar-refractivity contribution in [2.45, 2.75) is 32.2 Å². The van der Waals surface area contributed by atoms with Gasteiger partial charge in [-0.3, -0.25) is 0 Å². The molecule has 2 rings (SSSR count). The lowest BCUT2D eigenvalue weighted by atomic mass is 9.98. The van der Waals surface area contributed by atoms with Gasteiger partial charge in [0.1, 0.15) is 5.76 Å². The Morgan fingerprint density at radius 1 is 1.50 bits per heavy atom. The average Bonchev–Trinajstić information content (AvgIpc) is 2.53. The Balaban J connectivity index is 2.13. The highest BCUT2D eigenvalue weighted by Crippen LogP contribution is 2.25. The molecule has 1 aliphatic heterocycles. The first kappa shape index (κ1) is 7.87. The first-order valence-corrected chi connectivity index (χ1v) is 4.65. The molecule has 1 aliphatic rings. The number of aryl methyl sites for hydroxylation is 1. The maximum Gasteiger partial charge on any atom is 0.105 e. The average molecular weight is 165 g/mol. The van der Waals surface area contributed by atoms with Crippen LogP contribution in [0.25, 0.3) is 0 Å². The molecule has 2 heterocycles. The Kier molecular flexibility index (Phi) is 2.17. The standard InChI is InChI=1S/C10H15NO/c1-8-9(5-7-12-8)10-4-2-3-6-11-10/h5,7,10-11H,2-4,6H2,1H3. The molecule has 0 aliphatic carbocycles. The largest absolute Gasteiger partial charge is 0.469 e. The van der Waals surface area contributed by atoms with Crippen molar-refractivity contribution in [3.63, 3.8) is 0 Å². The van der Waals surface area contributed by atoms with Crippen molar-refractivity contribution in [1.29, 1.82) is 0 Å². The molecule has 1 aromatic heterocycles. The second-order valence-corrected chi connectivity index (χ2v) is 3.43. The van der Waals surface area contributed by atoms with Gasteiger partial charge < -0.3 is 9.73 Å². The van der Waals surface area contributed by atoms with Crippen molar-refractivity contribution in [1.82, 2.24) is 5.32 Å². The number of furan rings is 1. The van der Waals surface area contributed by atoms with Gasteiger partial charge in [-0.2, -0.15) is 0 Å². The second-order valence-electron chi connectivity index (χ2n) is 3.43. The molecular weight excluding hydrogens is 150 g/mol. The molecule has 0 spiro atoms. The minimum Gasteiger partial charge on any atom is -0.469 e. The molecule has 1 fully saturated rings. The zero-order valence-corrected chi connectivity index (χ0v) is 7.47. The molecule has 0 aromatic carbocycles. The lowest BCUT2D eigenvalue weighted by molar-refractivity contribution is 0.405. The smallest absolute Gasteiger partial charge is 0.105 e. The van der Waals surface area contributed by atoms with E-state index in [-0.39, 0.29) is 0 Å². The van der Waals surface area contributed by atoms with Crippen LogP contribution >= 0.6 is 0 Å². The molecule has 1 atom stereocenters. The van der Waals surface area contributed by atoms with Gasteiger partial charge in [-0.25, -0.2) is 0 Å². The summed E-state index contributed by atoms with van der Waals surface area (Å²) >= 11 is 0. The normalized spacial score (nSPS) is 24.2. The van der Waals surface area contributed by atoms with E-state index in [2.05, 4.69) is 11.4 Å². The van der Waals surface area contributed by atoms with Gasteiger partial charge in [0.2, 0.25) is 0 Å². The summed E-state index contributed by atoms with van der Waals surface area (Å²) in [5, 5.41) is 3.50. The van der Waals surface area contributed by atoms with Gasteiger partial charge in [-0.05, 0) is 32.4 Å². The molecule has 1 saturated heterocycles. The summed E-state index contributed by atoms with van der Waals surface area (Å²) in [4.78, 5) is 0. The van der Waals surface area contributed by atoms with Gasteiger partial charge >= 0.3 is 0 Å². The number of nitrogens with one attached hydrogen (secondary N) is 1. The van der Waals surface area contributed by atoms with E-state index in [0.29, 0.717) is 6.04 Å². The quantitative estimate of drug-likeness (QED) is 0.691. The number of rotatable bonds is 1. The predicted octanol–water partition coefficient (Wildman–Crippen LogP) is 2.40. The highest BCUT2D eigenvalue weighted by Gasteiger charge is 2.17. The zero-order valence-electron chi connectivity index (χ0n) is 7.47. The van der Waals surface area contributed by atoms with Gasteiger partial charge in [-0.15, -0.1) is 0 Å². The van der Waals surface area contributed by atoms with E-state index < -0.39 is 0 Å². The van der Waals surface area contributed by atoms with E-state index in [4.69, 9.17) is 4.42 Å². The Morgan fingerprint density at radius 2 is 2.42 bits per heavy atom. The zero-order chi connectivity index (χ0) is 8.39. The van der Waals surface area contributed by atoms with Crippen LogP contribution in [-0.2, 0) is 0 Å². The third kappa shape index (κ3) is 1.39. The van der Waals surface area contributed by atoms with Crippen LogP contribution < -0.4 is 5.32 Å². The van der Waals surface area contributed by atoms with E-state index in [1.54, 1.807) is 6.26 Å². The van der Waals surface area contributed by atoms with Crippen LogP contribution in [0.4, 0.5) is 0 Å². The van der Waals surface area contributed by atoms with Gasteiger partial charge in [0.15, 0.2) is 0 Å². The predicted molar refractivity (Wildman–Crippen MR) is 48.0 cm³/mol. The van der Waals surface area contributed by atoms with Crippen molar-refractivity contribution in [2.24, 2.45) is 0 Å². The van der Waals surface area contributed by atoms with Crippen LogP contribution in [0.5, 0.6) is 0 Å². The minimum atomic E-state index is 0.539. The van der Waals surface area contributed by atoms with E-state index in [1.807, 2.05) is 6.92 Å². The highest BCUT2D eigenvalue weighted by atomic mass is 16.3. The van der Waals surface area contributed by atoms with Crippen molar-refractivity contribution < 1.29 is 4.42 Å². The Morgan fingerprint density at radius 3 is 3.00 bits per heavy atom. The Hall–Kier alpha value is -0.760. The van der Waals surface area contributed by atoms with Crippen molar-refractivity contribution >= 4 is 0 Å². The summed E-state index contributed by atoms with van der Waals surface area (Å²) in [6, 6.07) is 2.62. The molecule has 1 aromatic rings. The molecule has 66 valence electrons. The Bertz CT molecular complexity index is 248. The lowest BCUT2D eigenvalue weighted by Crippen LogP contribution is -2.26.